The smallest absolute Gasteiger partial charge is 0.250 e. The van der Waals surface area contributed by atoms with Crippen LogP contribution in [0.25, 0.3) is 16.4 Å². The first kappa shape index (κ1) is 20.5. The number of carbonyl (C=O) groups is 1. The predicted molar refractivity (Wildman–Crippen MR) is 123 cm³/mol. The molecule has 164 valence electrons. The number of amides is 1. The molecule has 1 aliphatic rings. The van der Waals surface area contributed by atoms with Gasteiger partial charge in [0.25, 0.3) is 0 Å². The summed E-state index contributed by atoms with van der Waals surface area (Å²) >= 11 is 6.99. The lowest BCUT2D eigenvalue weighted by atomic mass is 10.2. The Kier molecular flexibility index (Phi) is 5.53. The van der Waals surface area contributed by atoms with E-state index in [1.54, 1.807) is 20.6 Å². The highest BCUT2D eigenvalue weighted by molar-refractivity contribution is 7.71. The zero-order valence-corrected chi connectivity index (χ0v) is 19.0. The van der Waals surface area contributed by atoms with Gasteiger partial charge in [0.05, 0.1) is 10.6 Å². The Bertz CT molecular complexity index is 1250. The van der Waals surface area contributed by atoms with E-state index in [0.717, 1.165) is 10.6 Å². The molecular formula is C20H21N9OS2. The number of benzene rings is 1. The number of piperazine rings is 1. The van der Waals surface area contributed by atoms with Gasteiger partial charge < -0.3 is 9.80 Å². The first-order valence-electron chi connectivity index (χ1n) is 10.2. The summed E-state index contributed by atoms with van der Waals surface area (Å²) in [6.45, 7) is 4.29. The molecule has 10 nitrogen and oxygen atoms in total. The number of carbonyl (C=O) groups excluding carboxylic acids is 1. The molecule has 1 atom stereocenters. The third kappa shape index (κ3) is 3.71. The van der Waals surface area contributed by atoms with E-state index in [2.05, 4.69) is 30.6 Å². The van der Waals surface area contributed by atoms with Crippen molar-refractivity contribution < 1.29 is 4.79 Å². The first-order valence-corrected chi connectivity index (χ1v) is 11.5. The van der Waals surface area contributed by atoms with E-state index in [1.165, 1.54) is 0 Å². The number of aromatic amines is 1. The Morgan fingerprint density at radius 3 is 2.62 bits per heavy atom. The fourth-order valence-electron chi connectivity index (χ4n) is 3.86. The first-order chi connectivity index (χ1) is 15.6. The minimum Gasteiger partial charge on any atom is -0.337 e. The van der Waals surface area contributed by atoms with Crippen LogP contribution in [0.15, 0.2) is 47.8 Å². The minimum absolute atomic E-state index is 0.0163. The summed E-state index contributed by atoms with van der Waals surface area (Å²) in [7, 11) is 0. The summed E-state index contributed by atoms with van der Waals surface area (Å²) in [5.74, 6) is 1.38. The average molecular weight is 468 g/mol. The fourth-order valence-corrected chi connectivity index (χ4v) is 4.86. The van der Waals surface area contributed by atoms with Crippen molar-refractivity contribution in [2.75, 3.05) is 31.1 Å². The monoisotopic (exact) mass is 467 g/mol. The van der Waals surface area contributed by atoms with E-state index in [0.29, 0.717) is 42.7 Å². The van der Waals surface area contributed by atoms with Gasteiger partial charge in [-0.3, -0.25) is 14.5 Å². The van der Waals surface area contributed by atoms with Crippen LogP contribution >= 0.6 is 23.6 Å². The highest BCUT2D eigenvalue weighted by atomic mass is 32.1. The number of nitrogens with one attached hydrogen (secondary N) is 1. The SMILES string of the molecule is CC(C(=O)N1CCN(c2nnnn2-c2ccccc2)CC1)n1c(-c2cccs2)n[nH]c1=S. The van der Waals surface area contributed by atoms with Crippen LogP contribution in [0.3, 0.4) is 0 Å². The number of hydrogen-bond acceptors (Lipinski definition) is 8. The lowest BCUT2D eigenvalue weighted by Gasteiger charge is -2.36. The summed E-state index contributed by atoms with van der Waals surface area (Å²) in [4.78, 5) is 18.2. The molecule has 0 spiro atoms. The van der Waals surface area contributed by atoms with Crippen LogP contribution in [-0.4, -0.2) is 72.0 Å². The summed E-state index contributed by atoms with van der Waals surface area (Å²) in [6, 6.07) is 13.2. The molecule has 0 bridgehead atoms. The van der Waals surface area contributed by atoms with E-state index < -0.39 is 6.04 Å². The zero-order valence-electron chi connectivity index (χ0n) is 17.3. The number of thiophene rings is 1. The Labute approximate surface area is 193 Å². The Hall–Kier alpha value is -3.38. The van der Waals surface area contributed by atoms with Crippen LogP contribution in [0.2, 0.25) is 0 Å². The second-order valence-corrected chi connectivity index (χ2v) is 8.75. The summed E-state index contributed by atoms with van der Waals surface area (Å²) in [5.41, 5.74) is 0.898. The molecule has 3 aromatic heterocycles. The molecule has 0 aliphatic carbocycles. The van der Waals surface area contributed by atoms with Gasteiger partial charge in [0.2, 0.25) is 11.9 Å². The predicted octanol–water partition coefficient (Wildman–Crippen LogP) is 2.55. The number of rotatable bonds is 5. The molecule has 1 amide bonds. The van der Waals surface area contributed by atoms with Gasteiger partial charge in [-0.15, -0.1) is 11.3 Å². The van der Waals surface area contributed by atoms with Crippen molar-refractivity contribution in [2.45, 2.75) is 13.0 Å². The Balaban J connectivity index is 1.30. The van der Waals surface area contributed by atoms with Gasteiger partial charge in [0.1, 0.15) is 6.04 Å². The molecular weight excluding hydrogens is 446 g/mol. The number of H-pyrrole nitrogens is 1. The third-order valence-electron chi connectivity index (χ3n) is 5.52. The highest BCUT2D eigenvalue weighted by Crippen LogP contribution is 2.27. The lowest BCUT2D eigenvalue weighted by molar-refractivity contribution is -0.134. The molecule has 0 saturated carbocycles. The van der Waals surface area contributed by atoms with Crippen molar-refractivity contribution in [1.29, 1.82) is 0 Å². The number of anilines is 1. The summed E-state index contributed by atoms with van der Waals surface area (Å²) in [5, 5.41) is 21.3. The van der Waals surface area contributed by atoms with Gasteiger partial charge in [0, 0.05) is 26.2 Å². The normalized spacial score (nSPS) is 15.2. The summed E-state index contributed by atoms with van der Waals surface area (Å²) < 4.78 is 3.96. The van der Waals surface area contributed by atoms with Crippen LogP contribution in [0, 0.1) is 4.77 Å². The highest BCUT2D eigenvalue weighted by Gasteiger charge is 2.30. The fraction of sp³-hybridized carbons (Fsp3) is 0.300. The number of para-hydroxylation sites is 1. The van der Waals surface area contributed by atoms with Crippen LogP contribution in [0.1, 0.15) is 13.0 Å². The molecule has 1 N–H and O–H groups in total. The molecule has 1 fully saturated rings. The molecule has 1 aromatic carbocycles. The number of aromatic nitrogens is 7. The maximum Gasteiger partial charge on any atom is 0.250 e. The molecule has 1 aliphatic heterocycles. The maximum absolute atomic E-state index is 13.3. The topological polar surface area (TPSA) is 101 Å². The van der Waals surface area contributed by atoms with Crippen LogP contribution < -0.4 is 4.90 Å². The van der Waals surface area contributed by atoms with Crippen molar-refractivity contribution in [3.05, 3.63) is 52.6 Å². The Morgan fingerprint density at radius 2 is 1.91 bits per heavy atom. The van der Waals surface area contributed by atoms with Crippen LogP contribution in [-0.2, 0) is 4.79 Å². The van der Waals surface area contributed by atoms with Crippen LogP contribution in [0.4, 0.5) is 5.95 Å². The van der Waals surface area contributed by atoms with Crippen molar-refractivity contribution in [1.82, 2.24) is 39.9 Å². The minimum atomic E-state index is -0.459. The van der Waals surface area contributed by atoms with E-state index >= 15 is 0 Å². The van der Waals surface area contributed by atoms with Crippen molar-refractivity contribution in [3.8, 4) is 16.4 Å². The van der Waals surface area contributed by atoms with Gasteiger partial charge in [-0.1, -0.05) is 29.4 Å². The van der Waals surface area contributed by atoms with Gasteiger partial charge in [-0.25, -0.2) is 0 Å². The van der Waals surface area contributed by atoms with Crippen molar-refractivity contribution >= 4 is 35.4 Å². The largest absolute Gasteiger partial charge is 0.337 e. The van der Waals surface area contributed by atoms with Gasteiger partial charge >= 0.3 is 0 Å². The number of tetrazole rings is 1. The number of nitrogens with zero attached hydrogens (tertiary/aromatic N) is 8. The standard InChI is InChI=1S/C20H21N9OS2/c1-14(28-17(21-23-20(28)31)16-8-5-13-32-16)18(30)26-9-11-27(12-10-26)19-22-24-25-29(19)15-6-3-2-4-7-15/h2-8,13-14H,9-12H2,1H3,(H,23,31). The van der Waals surface area contributed by atoms with E-state index in [-0.39, 0.29) is 5.91 Å². The van der Waals surface area contributed by atoms with E-state index in [9.17, 15) is 4.79 Å². The maximum atomic E-state index is 13.3. The Morgan fingerprint density at radius 1 is 1.12 bits per heavy atom. The summed E-state index contributed by atoms with van der Waals surface area (Å²) in [6.07, 6.45) is 0. The second-order valence-electron chi connectivity index (χ2n) is 7.41. The second kappa shape index (κ2) is 8.63. The molecule has 4 heterocycles. The van der Waals surface area contributed by atoms with Gasteiger partial charge in [-0.05, 0) is 53.1 Å². The quantitative estimate of drug-likeness (QED) is 0.450. The zero-order chi connectivity index (χ0) is 22.1. The third-order valence-corrected chi connectivity index (χ3v) is 6.67. The molecule has 5 rings (SSSR count). The van der Waals surface area contributed by atoms with Gasteiger partial charge in [0.15, 0.2) is 10.6 Å². The van der Waals surface area contributed by atoms with Crippen molar-refractivity contribution in [2.24, 2.45) is 0 Å². The van der Waals surface area contributed by atoms with Gasteiger partial charge in [-0.2, -0.15) is 9.78 Å². The molecule has 0 radical (unpaired) electrons. The molecule has 32 heavy (non-hydrogen) atoms. The van der Waals surface area contributed by atoms with E-state index in [1.807, 2.05) is 59.7 Å². The molecule has 4 aromatic rings. The van der Waals surface area contributed by atoms with Crippen molar-refractivity contribution in [3.63, 3.8) is 0 Å². The molecule has 1 saturated heterocycles. The molecule has 12 heteroatoms. The van der Waals surface area contributed by atoms with Crippen LogP contribution in [0.5, 0.6) is 0 Å². The lowest BCUT2D eigenvalue weighted by Crippen LogP contribution is -2.51. The van der Waals surface area contributed by atoms with E-state index in [4.69, 9.17) is 12.2 Å². The average Bonchev–Trinajstić information content (AvgIpc) is 3.59. The molecule has 1 unspecified atom stereocenters. The number of hydrogen-bond donors (Lipinski definition) is 1.